The lowest BCUT2D eigenvalue weighted by molar-refractivity contribution is -0.308. The second-order valence-electron chi connectivity index (χ2n) is 11.9. The maximum absolute atomic E-state index is 13.7. The SMILES string of the molecule is CCO[C@H]1O[C@H](COC(=O)Nc2cccc(C#N)c2)[C@@H](OC(=O)Nc2ccc(F)cc2)[C@H](OC(=O)Nc2ccc(C(F)(F)F)cc2)[C@H]1OCc1ccc(F)cc1. The Morgan fingerprint density at radius 1 is 0.732 bits per heavy atom. The fraction of sp³-hybridized carbons (Fsp3) is 0.263. The van der Waals surface area contributed by atoms with Crippen molar-refractivity contribution in [3.63, 3.8) is 0 Å². The Labute approximate surface area is 316 Å². The molecule has 5 atom stereocenters. The molecule has 18 heteroatoms. The van der Waals surface area contributed by atoms with Crippen LogP contribution in [0.2, 0.25) is 0 Å². The number of anilines is 3. The van der Waals surface area contributed by atoms with Gasteiger partial charge in [-0.3, -0.25) is 16.0 Å². The molecular weight excluding hydrogens is 751 g/mol. The molecule has 0 aliphatic carbocycles. The van der Waals surface area contributed by atoms with Crippen LogP contribution in [0.4, 0.5) is 53.4 Å². The molecule has 1 aliphatic rings. The van der Waals surface area contributed by atoms with Crippen molar-refractivity contribution in [1.29, 1.82) is 5.26 Å². The molecule has 4 aromatic rings. The summed E-state index contributed by atoms with van der Waals surface area (Å²) in [5.74, 6) is -1.11. The Balaban J connectivity index is 1.45. The predicted octanol–water partition coefficient (Wildman–Crippen LogP) is 7.99. The molecule has 0 spiro atoms. The number of nitrogens with zero attached hydrogens (tertiary/aromatic N) is 1. The minimum Gasteiger partial charge on any atom is -0.446 e. The van der Waals surface area contributed by atoms with E-state index in [0.717, 1.165) is 36.4 Å². The van der Waals surface area contributed by atoms with Gasteiger partial charge in [0.05, 0.1) is 23.8 Å². The largest absolute Gasteiger partial charge is 0.446 e. The number of rotatable bonds is 12. The minimum absolute atomic E-state index is 0.00538. The third-order valence-corrected chi connectivity index (χ3v) is 7.93. The molecule has 13 nitrogen and oxygen atoms in total. The molecule has 1 saturated heterocycles. The van der Waals surface area contributed by atoms with Crippen molar-refractivity contribution in [1.82, 2.24) is 0 Å². The summed E-state index contributed by atoms with van der Waals surface area (Å²) in [5.41, 5.74) is -0.0337. The summed E-state index contributed by atoms with van der Waals surface area (Å²) in [6, 6.07) is 21.2. The summed E-state index contributed by atoms with van der Waals surface area (Å²) in [7, 11) is 0. The first kappa shape index (κ1) is 40.9. The smallest absolute Gasteiger partial charge is 0.416 e. The van der Waals surface area contributed by atoms with Crippen LogP contribution in [-0.2, 0) is 41.2 Å². The topological polar surface area (TPSA) is 166 Å². The van der Waals surface area contributed by atoms with Crippen LogP contribution in [0.25, 0.3) is 0 Å². The second kappa shape index (κ2) is 18.8. The fourth-order valence-corrected chi connectivity index (χ4v) is 5.33. The average molecular weight is 785 g/mol. The average Bonchev–Trinajstić information content (AvgIpc) is 3.16. The number of ether oxygens (including phenoxy) is 6. The zero-order chi connectivity index (χ0) is 40.2. The Morgan fingerprint density at radius 3 is 1.89 bits per heavy atom. The highest BCUT2D eigenvalue weighted by Crippen LogP contribution is 2.32. The maximum Gasteiger partial charge on any atom is 0.416 e. The maximum atomic E-state index is 13.7. The van der Waals surface area contributed by atoms with E-state index in [9.17, 15) is 41.6 Å². The van der Waals surface area contributed by atoms with E-state index in [0.29, 0.717) is 5.56 Å². The summed E-state index contributed by atoms with van der Waals surface area (Å²) in [6.07, 6.45) is -15.6. The van der Waals surface area contributed by atoms with Crippen molar-refractivity contribution in [2.24, 2.45) is 0 Å². The number of halogens is 5. The first-order valence-electron chi connectivity index (χ1n) is 16.8. The van der Waals surface area contributed by atoms with E-state index in [-0.39, 0.29) is 35.8 Å². The normalized spacial score (nSPS) is 19.2. The van der Waals surface area contributed by atoms with Gasteiger partial charge in [0, 0.05) is 23.7 Å². The van der Waals surface area contributed by atoms with Crippen molar-refractivity contribution in [3.8, 4) is 6.07 Å². The molecule has 0 aromatic heterocycles. The number of amides is 3. The van der Waals surface area contributed by atoms with Crippen molar-refractivity contribution in [3.05, 3.63) is 125 Å². The van der Waals surface area contributed by atoms with Crippen LogP contribution in [0.15, 0.2) is 97.1 Å². The summed E-state index contributed by atoms with van der Waals surface area (Å²) >= 11 is 0. The summed E-state index contributed by atoms with van der Waals surface area (Å²) in [5, 5.41) is 16.4. The van der Waals surface area contributed by atoms with Crippen molar-refractivity contribution < 1.29 is 64.8 Å². The van der Waals surface area contributed by atoms with Crippen LogP contribution >= 0.6 is 0 Å². The van der Waals surface area contributed by atoms with E-state index in [1.165, 1.54) is 60.7 Å². The van der Waals surface area contributed by atoms with Crippen LogP contribution in [0.5, 0.6) is 0 Å². The highest BCUT2D eigenvalue weighted by Gasteiger charge is 2.52. The number of carbonyl (C=O) groups excluding carboxylic acids is 3. The zero-order valence-electron chi connectivity index (χ0n) is 29.3. The zero-order valence-corrected chi connectivity index (χ0v) is 29.3. The number of nitrogens with one attached hydrogen (secondary N) is 3. The Bertz CT molecular complexity index is 2000. The standard InChI is InChI=1S/C38H33F5N4O9/c1-2-51-34-33(52-20-22-6-10-25(39)11-7-22)32(56-37(50)45-27-14-8-24(9-15-27)38(41,42)43)31(55-36(49)46-28-16-12-26(40)13-17-28)30(54-34)21-53-35(48)47-29-5-3-4-23(18-29)19-44/h3-18,30-34H,2,20-21H2,1H3,(H,45,50)(H,46,49)(H,47,48)/t30-,31-,32+,33-,34+/m1/s1. The second-order valence-corrected chi connectivity index (χ2v) is 11.9. The van der Waals surface area contributed by atoms with Gasteiger partial charge in [0.1, 0.15) is 30.4 Å². The molecule has 294 valence electrons. The van der Waals surface area contributed by atoms with E-state index < -0.39 is 79.0 Å². The van der Waals surface area contributed by atoms with E-state index in [2.05, 4.69) is 16.0 Å². The molecule has 4 aromatic carbocycles. The molecule has 0 unspecified atom stereocenters. The van der Waals surface area contributed by atoms with Gasteiger partial charge in [0.15, 0.2) is 18.5 Å². The number of alkyl halides is 3. The van der Waals surface area contributed by atoms with E-state index in [4.69, 9.17) is 28.4 Å². The van der Waals surface area contributed by atoms with Gasteiger partial charge in [-0.1, -0.05) is 18.2 Å². The van der Waals surface area contributed by atoms with E-state index >= 15 is 0 Å². The van der Waals surface area contributed by atoms with Gasteiger partial charge in [0.25, 0.3) is 0 Å². The number of benzene rings is 4. The highest BCUT2D eigenvalue weighted by atomic mass is 19.4. The van der Waals surface area contributed by atoms with Crippen LogP contribution in [0.1, 0.15) is 23.6 Å². The van der Waals surface area contributed by atoms with Gasteiger partial charge in [-0.2, -0.15) is 18.4 Å². The fourth-order valence-electron chi connectivity index (χ4n) is 5.33. The molecule has 0 saturated carbocycles. The van der Waals surface area contributed by atoms with Gasteiger partial charge >= 0.3 is 24.5 Å². The van der Waals surface area contributed by atoms with Crippen LogP contribution in [0, 0.1) is 23.0 Å². The van der Waals surface area contributed by atoms with Crippen molar-refractivity contribution in [2.75, 3.05) is 29.2 Å². The molecule has 1 heterocycles. The van der Waals surface area contributed by atoms with E-state index in [1.807, 2.05) is 6.07 Å². The third kappa shape index (κ3) is 11.6. The van der Waals surface area contributed by atoms with E-state index in [1.54, 1.807) is 6.92 Å². The lowest BCUT2D eigenvalue weighted by Crippen LogP contribution is -2.63. The van der Waals surface area contributed by atoms with Crippen LogP contribution in [-0.4, -0.2) is 62.2 Å². The summed E-state index contributed by atoms with van der Waals surface area (Å²) in [4.78, 5) is 39.6. The first-order valence-corrected chi connectivity index (χ1v) is 16.8. The molecule has 5 rings (SSSR count). The molecule has 3 N–H and O–H groups in total. The van der Waals surface area contributed by atoms with Crippen LogP contribution in [0.3, 0.4) is 0 Å². The summed E-state index contributed by atoms with van der Waals surface area (Å²) in [6.45, 7) is 0.719. The number of hydrogen-bond donors (Lipinski definition) is 3. The van der Waals surface area contributed by atoms with Gasteiger partial charge in [0.2, 0.25) is 0 Å². The molecule has 3 amide bonds. The van der Waals surface area contributed by atoms with Gasteiger partial charge in [-0.15, -0.1) is 0 Å². The monoisotopic (exact) mass is 784 g/mol. The quantitative estimate of drug-likeness (QED) is 0.0947. The number of nitriles is 1. The highest BCUT2D eigenvalue weighted by molar-refractivity contribution is 5.86. The third-order valence-electron chi connectivity index (χ3n) is 7.93. The van der Waals surface area contributed by atoms with Gasteiger partial charge < -0.3 is 28.4 Å². The molecule has 1 fully saturated rings. The first-order chi connectivity index (χ1) is 26.8. The molecule has 1 aliphatic heterocycles. The Hall–Kier alpha value is -6.29. The van der Waals surface area contributed by atoms with Crippen LogP contribution < -0.4 is 16.0 Å². The van der Waals surface area contributed by atoms with Gasteiger partial charge in [-0.25, -0.2) is 23.2 Å². The predicted molar refractivity (Wildman–Crippen MR) is 187 cm³/mol. The molecule has 0 radical (unpaired) electrons. The number of hydrogen-bond acceptors (Lipinski definition) is 10. The lowest BCUT2D eigenvalue weighted by atomic mass is 9.98. The molecular formula is C38H33F5N4O9. The summed E-state index contributed by atoms with van der Waals surface area (Å²) < 4.78 is 102. The van der Waals surface area contributed by atoms with Gasteiger partial charge in [-0.05, 0) is 91.3 Å². The van der Waals surface area contributed by atoms with Crippen molar-refractivity contribution in [2.45, 2.75) is 50.4 Å². The lowest BCUT2D eigenvalue weighted by Gasteiger charge is -2.44. The molecule has 56 heavy (non-hydrogen) atoms. The Kier molecular flexibility index (Phi) is 13.8. The minimum atomic E-state index is -4.64. The Morgan fingerprint density at radius 2 is 1.30 bits per heavy atom. The molecule has 0 bridgehead atoms. The van der Waals surface area contributed by atoms with Crippen molar-refractivity contribution >= 4 is 35.3 Å². The number of carbonyl (C=O) groups is 3.